The summed E-state index contributed by atoms with van der Waals surface area (Å²) in [7, 11) is 0. The molecule has 0 fully saturated rings. The third-order valence-corrected chi connectivity index (χ3v) is 2.88. The minimum absolute atomic E-state index is 0.518. The summed E-state index contributed by atoms with van der Waals surface area (Å²) in [6.45, 7) is 4.80. The Morgan fingerprint density at radius 3 is 2.80 bits per heavy atom. The maximum absolute atomic E-state index is 5.86. The second-order valence-corrected chi connectivity index (χ2v) is 4.39. The first-order chi connectivity index (χ1) is 7.13. The normalized spacial score (nSPS) is 11.1. The van der Waals surface area contributed by atoms with Gasteiger partial charge in [-0.05, 0) is 35.9 Å². The van der Waals surface area contributed by atoms with Gasteiger partial charge in [0, 0.05) is 6.54 Å². The summed E-state index contributed by atoms with van der Waals surface area (Å²) in [4.78, 5) is 8.53. The third kappa shape index (κ3) is 1.77. The second-order valence-electron chi connectivity index (χ2n) is 3.37. The first-order valence-corrected chi connectivity index (χ1v) is 5.87. The van der Waals surface area contributed by atoms with Crippen LogP contribution in [-0.4, -0.2) is 19.7 Å². The molecule has 0 unspecified atom stereocenters. The van der Waals surface area contributed by atoms with Crippen LogP contribution in [0.25, 0.3) is 11.0 Å². The van der Waals surface area contributed by atoms with Gasteiger partial charge in [-0.25, -0.2) is 14.6 Å². The Morgan fingerprint density at radius 2 is 2.13 bits per heavy atom. The fourth-order valence-electron chi connectivity index (χ4n) is 1.53. The fourth-order valence-corrected chi connectivity index (χ4v) is 2.31. The van der Waals surface area contributed by atoms with E-state index >= 15 is 0 Å². The van der Waals surface area contributed by atoms with Crippen molar-refractivity contribution in [2.75, 3.05) is 5.73 Å². The molecule has 2 aromatic rings. The van der Waals surface area contributed by atoms with Crippen molar-refractivity contribution in [2.24, 2.45) is 0 Å². The summed E-state index contributed by atoms with van der Waals surface area (Å²) in [5.74, 6) is 1.21. The van der Waals surface area contributed by atoms with Crippen molar-refractivity contribution in [1.29, 1.82) is 0 Å². The lowest BCUT2D eigenvalue weighted by atomic mass is 10.4. The lowest BCUT2D eigenvalue weighted by molar-refractivity contribution is 0.612. The van der Waals surface area contributed by atoms with Gasteiger partial charge in [-0.3, -0.25) is 0 Å². The fraction of sp³-hybridized carbons (Fsp3) is 0.444. The van der Waals surface area contributed by atoms with Gasteiger partial charge in [0.1, 0.15) is 15.3 Å². The number of nitrogens with two attached hydrogens (primary N) is 1. The third-order valence-electron chi connectivity index (χ3n) is 2.12. The number of rotatable bonds is 2. The molecule has 0 radical (unpaired) electrons. The van der Waals surface area contributed by atoms with E-state index in [1.165, 1.54) is 0 Å². The molecule has 0 amide bonds. The number of hydrogen-bond acceptors (Lipinski definition) is 4. The average molecular weight is 317 g/mol. The number of nitrogens with zero attached hydrogens (tertiary/aromatic N) is 4. The van der Waals surface area contributed by atoms with Crippen LogP contribution < -0.4 is 5.73 Å². The number of aryl methyl sites for hydroxylation is 2. The average Bonchev–Trinajstić information content (AvgIpc) is 2.43. The minimum atomic E-state index is 0.518. The van der Waals surface area contributed by atoms with Crippen molar-refractivity contribution >= 4 is 39.4 Å². The van der Waals surface area contributed by atoms with Gasteiger partial charge in [-0.15, -0.1) is 0 Å². The number of halogens is 1. The van der Waals surface area contributed by atoms with Crippen LogP contribution in [0.5, 0.6) is 0 Å². The summed E-state index contributed by atoms with van der Waals surface area (Å²) in [6, 6.07) is 0. The largest absolute Gasteiger partial charge is 0.383 e. The Bertz CT molecular complexity index is 505. The van der Waals surface area contributed by atoms with E-state index in [-0.39, 0.29) is 0 Å². The van der Waals surface area contributed by atoms with Crippen molar-refractivity contribution < 1.29 is 0 Å². The molecular formula is C9H12IN5. The molecule has 0 spiro atoms. The van der Waals surface area contributed by atoms with Gasteiger partial charge in [0.15, 0.2) is 5.65 Å². The molecule has 0 aromatic carbocycles. The molecule has 0 bridgehead atoms. The molecule has 2 heterocycles. The van der Waals surface area contributed by atoms with Gasteiger partial charge in [-0.1, -0.05) is 6.92 Å². The molecule has 0 saturated carbocycles. The number of nitrogen functional groups attached to an aromatic ring is 1. The van der Waals surface area contributed by atoms with Crippen molar-refractivity contribution in [3.8, 4) is 0 Å². The van der Waals surface area contributed by atoms with E-state index in [0.717, 1.165) is 27.7 Å². The maximum Gasteiger partial charge on any atom is 0.164 e. The van der Waals surface area contributed by atoms with E-state index in [4.69, 9.17) is 5.73 Å². The monoisotopic (exact) mass is 317 g/mol. The highest BCUT2D eigenvalue weighted by atomic mass is 127. The summed E-state index contributed by atoms with van der Waals surface area (Å²) < 4.78 is 2.76. The Balaban J connectivity index is 2.75. The van der Waals surface area contributed by atoms with Gasteiger partial charge in [-0.2, -0.15) is 5.10 Å². The van der Waals surface area contributed by atoms with Crippen molar-refractivity contribution in [2.45, 2.75) is 26.8 Å². The van der Waals surface area contributed by atoms with Gasteiger partial charge >= 0.3 is 0 Å². The van der Waals surface area contributed by atoms with E-state index in [9.17, 15) is 0 Å². The van der Waals surface area contributed by atoms with Crippen molar-refractivity contribution in [3.05, 3.63) is 9.53 Å². The highest BCUT2D eigenvalue weighted by molar-refractivity contribution is 14.1. The van der Waals surface area contributed by atoms with Gasteiger partial charge in [0.05, 0.1) is 5.39 Å². The number of fused-ring (bicyclic) bond motifs is 1. The predicted molar refractivity (Wildman–Crippen MR) is 67.5 cm³/mol. The van der Waals surface area contributed by atoms with Crippen LogP contribution in [0.4, 0.5) is 5.82 Å². The highest BCUT2D eigenvalue weighted by Crippen LogP contribution is 2.23. The zero-order chi connectivity index (χ0) is 11.0. The smallest absolute Gasteiger partial charge is 0.164 e. The van der Waals surface area contributed by atoms with E-state index < -0.39 is 0 Å². The molecular weight excluding hydrogens is 305 g/mol. The Labute approximate surface area is 101 Å². The lowest BCUT2D eigenvalue weighted by Gasteiger charge is -2.01. The molecule has 0 atom stereocenters. The van der Waals surface area contributed by atoms with Gasteiger partial charge < -0.3 is 5.73 Å². The number of anilines is 1. The standard InChI is InChI=1S/C9H12IN5/c1-3-4-15-9-6(7(10)14-15)8(11)12-5(2)13-9/h3-4H2,1-2H3,(H2,11,12,13). The van der Waals surface area contributed by atoms with Crippen LogP contribution in [0.3, 0.4) is 0 Å². The summed E-state index contributed by atoms with van der Waals surface area (Å²) in [5.41, 5.74) is 6.70. The van der Waals surface area contributed by atoms with Crippen LogP contribution in [0.15, 0.2) is 0 Å². The van der Waals surface area contributed by atoms with E-state index in [2.05, 4.69) is 44.6 Å². The SMILES string of the molecule is CCCn1nc(I)c2c(N)nc(C)nc21. The van der Waals surface area contributed by atoms with Crippen molar-refractivity contribution in [3.63, 3.8) is 0 Å². The Morgan fingerprint density at radius 1 is 1.40 bits per heavy atom. The molecule has 0 saturated heterocycles. The van der Waals surface area contributed by atoms with Crippen molar-refractivity contribution in [1.82, 2.24) is 19.7 Å². The first kappa shape index (κ1) is 10.6. The summed E-state index contributed by atoms with van der Waals surface area (Å²) in [5, 5.41) is 5.27. The summed E-state index contributed by atoms with van der Waals surface area (Å²) >= 11 is 2.16. The molecule has 2 rings (SSSR count). The van der Waals surface area contributed by atoms with E-state index in [1.54, 1.807) is 0 Å². The molecule has 6 heteroatoms. The topological polar surface area (TPSA) is 69.6 Å². The predicted octanol–water partition coefficient (Wildman–Crippen LogP) is 1.73. The van der Waals surface area contributed by atoms with E-state index in [1.807, 2.05) is 11.6 Å². The number of aromatic nitrogens is 4. The molecule has 2 aromatic heterocycles. The van der Waals surface area contributed by atoms with Crippen LogP contribution in [0.2, 0.25) is 0 Å². The van der Waals surface area contributed by atoms with E-state index in [0.29, 0.717) is 11.6 Å². The minimum Gasteiger partial charge on any atom is -0.383 e. The van der Waals surface area contributed by atoms with Crippen LogP contribution in [-0.2, 0) is 6.54 Å². The van der Waals surface area contributed by atoms with Crippen LogP contribution >= 0.6 is 22.6 Å². The first-order valence-electron chi connectivity index (χ1n) is 4.79. The maximum atomic E-state index is 5.86. The molecule has 0 aliphatic carbocycles. The van der Waals surface area contributed by atoms with Gasteiger partial charge in [0.25, 0.3) is 0 Å². The Kier molecular flexibility index (Phi) is 2.76. The zero-order valence-corrected chi connectivity index (χ0v) is 10.8. The zero-order valence-electron chi connectivity index (χ0n) is 8.66. The number of hydrogen-bond donors (Lipinski definition) is 1. The molecule has 5 nitrogen and oxygen atoms in total. The Hall–Kier alpha value is -0.920. The van der Waals surface area contributed by atoms with Crippen LogP contribution in [0.1, 0.15) is 19.2 Å². The molecule has 15 heavy (non-hydrogen) atoms. The molecule has 0 aliphatic heterocycles. The highest BCUT2D eigenvalue weighted by Gasteiger charge is 2.13. The van der Waals surface area contributed by atoms with Crippen LogP contribution in [0, 0.1) is 10.6 Å². The molecule has 2 N–H and O–H groups in total. The quantitative estimate of drug-likeness (QED) is 0.857. The molecule has 80 valence electrons. The second kappa shape index (κ2) is 3.92. The summed E-state index contributed by atoms with van der Waals surface area (Å²) in [6.07, 6.45) is 1.02. The lowest BCUT2D eigenvalue weighted by Crippen LogP contribution is -2.02. The van der Waals surface area contributed by atoms with Gasteiger partial charge in [0.2, 0.25) is 0 Å². The molecule has 0 aliphatic rings.